The van der Waals surface area contributed by atoms with E-state index in [1.165, 1.54) is 22.3 Å². The van der Waals surface area contributed by atoms with Gasteiger partial charge in [-0.05, 0) is 43.9 Å². The highest BCUT2D eigenvalue weighted by Crippen LogP contribution is 2.18. The van der Waals surface area contributed by atoms with Crippen molar-refractivity contribution in [3.05, 3.63) is 70.3 Å². The third kappa shape index (κ3) is 4.20. The van der Waals surface area contributed by atoms with Gasteiger partial charge in [0.25, 0.3) is 0 Å². The summed E-state index contributed by atoms with van der Waals surface area (Å²) in [4.78, 5) is 12.4. The summed E-state index contributed by atoms with van der Waals surface area (Å²) in [5.74, 6) is 0.0844. The first-order valence-corrected chi connectivity index (χ1v) is 7.91. The lowest BCUT2D eigenvalue weighted by molar-refractivity contribution is -0.121. The van der Waals surface area contributed by atoms with Crippen molar-refractivity contribution in [1.29, 1.82) is 0 Å². The second-order valence-electron chi connectivity index (χ2n) is 6.05. The zero-order valence-electron chi connectivity index (χ0n) is 13.9. The molecular weight excluding hydrogens is 270 g/mol. The molecule has 1 amide bonds. The second-order valence-corrected chi connectivity index (χ2v) is 6.05. The molecule has 0 aliphatic carbocycles. The van der Waals surface area contributed by atoms with Crippen molar-refractivity contribution < 1.29 is 4.79 Å². The molecule has 2 aromatic carbocycles. The minimum atomic E-state index is 0.0817. The molecule has 0 aliphatic heterocycles. The molecule has 1 atom stereocenters. The number of aryl methyl sites for hydroxylation is 3. The maximum Gasteiger partial charge on any atom is 0.224 e. The normalized spacial score (nSPS) is 12.0. The molecule has 22 heavy (non-hydrogen) atoms. The zero-order valence-corrected chi connectivity index (χ0v) is 13.9. The fraction of sp³-hybridized carbons (Fsp3) is 0.350. The van der Waals surface area contributed by atoms with Crippen LogP contribution in [0.3, 0.4) is 0 Å². The Bertz CT molecular complexity index is 643. The minimum Gasteiger partial charge on any atom is -0.349 e. The number of nitrogens with one attached hydrogen (secondary N) is 1. The Morgan fingerprint density at radius 2 is 1.64 bits per heavy atom. The van der Waals surface area contributed by atoms with Gasteiger partial charge in [-0.15, -0.1) is 0 Å². The summed E-state index contributed by atoms with van der Waals surface area (Å²) in [6, 6.07) is 14.7. The summed E-state index contributed by atoms with van der Waals surface area (Å²) < 4.78 is 0. The monoisotopic (exact) mass is 295 g/mol. The SMILES string of the molecule is CC[C@H](NC(=O)Cc1cc(C)ccc1C)c1ccc(C)cc1. The molecule has 0 saturated heterocycles. The van der Waals surface area contributed by atoms with Gasteiger partial charge in [-0.3, -0.25) is 4.79 Å². The van der Waals surface area contributed by atoms with E-state index in [1.54, 1.807) is 0 Å². The highest BCUT2D eigenvalue weighted by molar-refractivity contribution is 5.79. The number of carbonyl (C=O) groups excluding carboxylic acids is 1. The average Bonchev–Trinajstić information content (AvgIpc) is 2.49. The van der Waals surface area contributed by atoms with E-state index in [9.17, 15) is 4.79 Å². The number of hydrogen-bond acceptors (Lipinski definition) is 1. The Morgan fingerprint density at radius 3 is 2.27 bits per heavy atom. The Balaban J connectivity index is 2.06. The smallest absolute Gasteiger partial charge is 0.224 e. The molecule has 2 aromatic rings. The molecule has 0 fully saturated rings. The molecule has 2 nitrogen and oxygen atoms in total. The van der Waals surface area contributed by atoms with Gasteiger partial charge in [0.05, 0.1) is 12.5 Å². The van der Waals surface area contributed by atoms with E-state index >= 15 is 0 Å². The maximum absolute atomic E-state index is 12.4. The number of hydrogen-bond donors (Lipinski definition) is 1. The molecular formula is C20H25NO. The van der Waals surface area contributed by atoms with E-state index in [-0.39, 0.29) is 11.9 Å². The topological polar surface area (TPSA) is 29.1 Å². The van der Waals surface area contributed by atoms with Crippen molar-refractivity contribution in [2.45, 2.75) is 46.6 Å². The van der Waals surface area contributed by atoms with Crippen LogP contribution in [-0.2, 0) is 11.2 Å². The predicted molar refractivity (Wildman–Crippen MR) is 92.0 cm³/mol. The molecule has 0 bridgehead atoms. The highest BCUT2D eigenvalue weighted by Gasteiger charge is 2.13. The van der Waals surface area contributed by atoms with Crippen LogP contribution in [0.4, 0.5) is 0 Å². The fourth-order valence-electron chi connectivity index (χ4n) is 2.63. The molecule has 0 aliphatic rings. The lowest BCUT2D eigenvalue weighted by Crippen LogP contribution is -2.29. The molecule has 2 rings (SSSR count). The molecule has 116 valence electrons. The summed E-state index contributed by atoms with van der Waals surface area (Å²) in [7, 11) is 0. The fourth-order valence-corrected chi connectivity index (χ4v) is 2.63. The van der Waals surface area contributed by atoms with E-state index in [4.69, 9.17) is 0 Å². The van der Waals surface area contributed by atoms with Gasteiger partial charge in [0, 0.05) is 0 Å². The summed E-state index contributed by atoms with van der Waals surface area (Å²) in [5.41, 5.74) is 5.88. The molecule has 2 heteroatoms. The van der Waals surface area contributed by atoms with Gasteiger partial charge in [-0.25, -0.2) is 0 Å². The molecule has 0 saturated carbocycles. The summed E-state index contributed by atoms with van der Waals surface area (Å²) in [5, 5.41) is 3.16. The Labute approximate surface area is 133 Å². The average molecular weight is 295 g/mol. The Morgan fingerprint density at radius 1 is 1.00 bits per heavy atom. The van der Waals surface area contributed by atoms with Crippen LogP contribution in [0.15, 0.2) is 42.5 Å². The van der Waals surface area contributed by atoms with E-state index in [2.05, 4.69) is 75.5 Å². The second kappa shape index (κ2) is 7.26. The van der Waals surface area contributed by atoms with Crippen molar-refractivity contribution in [3.8, 4) is 0 Å². The van der Waals surface area contributed by atoms with Crippen LogP contribution in [-0.4, -0.2) is 5.91 Å². The largest absolute Gasteiger partial charge is 0.349 e. The maximum atomic E-state index is 12.4. The van der Waals surface area contributed by atoms with Gasteiger partial charge >= 0.3 is 0 Å². The van der Waals surface area contributed by atoms with E-state index < -0.39 is 0 Å². The van der Waals surface area contributed by atoms with Gasteiger partial charge in [-0.1, -0.05) is 60.5 Å². The van der Waals surface area contributed by atoms with Crippen LogP contribution in [0.2, 0.25) is 0 Å². The number of amides is 1. The third-order valence-corrected chi connectivity index (χ3v) is 4.08. The van der Waals surface area contributed by atoms with Crippen LogP contribution in [0, 0.1) is 20.8 Å². The quantitative estimate of drug-likeness (QED) is 0.869. The summed E-state index contributed by atoms with van der Waals surface area (Å²) >= 11 is 0. The van der Waals surface area contributed by atoms with Gasteiger partial charge in [0.2, 0.25) is 5.91 Å². The Hall–Kier alpha value is -2.09. The van der Waals surface area contributed by atoms with Crippen LogP contribution >= 0.6 is 0 Å². The van der Waals surface area contributed by atoms with Crippen molar-refractivity contribution in [2.75, 3.05) is 0 Å². The van der Waals surface area contributed by atoms with E-state index in [0.717, 1.165) is 12.0 Å². The van der Waals surface area contributed by atoms with Crippen molar-refractivity contribution >= 4 is 5.91 Å². The number of carbonyl (C=O) groups is 1. The summed E-state index contributed by atoms with van der Waals surface area (Å²) in [6.07, 6.45) is 1.33. The zero-order chi connectivity index (χ0) is 16.1. The standard InChI is InChI=1S/C20H25NO/c1-5-19(17-10-7-14(2)8-11-17)21-20(22)13-18-12-15(3)6-9-16(18)4/h6-12,19H,5,13H2,1-4H3,(H,21,22)/t19-/m0/s1. The molecule has 0 spiro atoms. The molecule has 1 N–H and O–H groups in total. The number of benzene rings is 2. The van der Waals surface area contributed by atoms with Gasteiger partial charge in [0.15, 0.2) is 0 Å². The molecule has 0 heterocycles. The first-order valence-electron chi connectivity index (χ1n) is 7.91. The molecule has 0 aromatic heterocycles. The van der Waals surface area contributed by atoms with E-state index in [1.807, 2.05) is 0 Å². The van der Waals surface area contributed by atoms with Crippen molar-refractivity contribution in [2.24, 2.45) is 0 Å². The van der Waals surface area contributed by atoms with Crippen LogP contribution in [0.5, 0.6) is 0 Å². The first-order chi connectivity index (χ1) is 10.5. The molecule has 0 radical (unpaired) electrons. The van der Waals surface area contributed by atoms with Gasteiger partial charge in [0.1, 0.15) is 0 Å². The van der Waals surface area contributed by atoms with Crippen molar-refractivity contribution in [1.82, 2.24) is 5.32 Å². The van der Waals surface area contributed by atoms with Gasteiger partial charge < -0.3 is 5.32 Å². The van der Waals surface area contributed by atoms with Crippen LogP contribution in [0.25, 0.3) is 0 Å². The van der Waals surface area contributed by atoms with Crippen LogP contribution in [0.1, 0.15) is 47.2 Å². The van der Waals surface area contributed by atoms with Crippen LogP contribution < -0.4 is 5.32 Å². The lowest BCUT2D eigenvalue weighted by atomic mass is 10.0. The highest BCUT2D eigenvalue weighted by atomic mass is 16.1. The number of rotatable bonds is 5. The molecule has 0 unspecified atom stereocenters. The van der Waals surface area contributed by atoms with Gasteiger partial charge in [-0.2, -0.15) is 0 Å². The van der Waals surface area contributed by atoms with Crippen molar-refractivity contribution in [3.63, 3.8) is 0 Å². The first kappa shape index (κ1) is 16.3. The minimum absolute atomic E-state index is 0.0817. The third-order valence-electron chi connectivity index (χ3n) is 4.08. The lowest BCUT2D eigenvalue weighted by Gasteiger charge is -2.18. The summed E-state index contributed by atoms with van der Waals surface area (Å²) in [6.45, 7) is 8.29. The van der Waals surface area contributed by atoms with E-state index in [0.29, 0.717) is 6.42 Å². The predicted octanol–water partition coefficient (Wildman–Crippen LogP) is 4.42. The Kier molecular flexibility index (Phi) is 5.37.